The lowest BCUT2D eigenvalue weighted by molar-refractivity contribution is 1.30. The summed E-state index contributed by atoms with van der Waals surface area (Å²) in [7, 11) is 1.88. The molecule has 0 fully saturated rings. The highest BCUT2D eigenvalue weighted by Gasteiger charge is 1.89. The highest BCUT2D eigenvalue weighted by atomic mass is 32.2. The Kier molecular flexibility index (Phi) is 3.26. The van der Waals surface area contributed by atoms with Crippen molar-refractivity contribution in [3.05, 3.63) is 29.8 Å². The van der Waals surface area contributed by atoms with Crippen LogP contribution < -0.4 is 9.44 Å². The lowest BCUT2D eigenvalue weighted by Crippen LogP contribution is -1.98. The Labute approximate surface area is 71.7 Å². The third-order valence-electron chi connectivity index (χ3n) is 1.29. The van der Waals surface area contributed by atoms with E-state index in [4.69, 9.17) is 0 Å². The summed E-state index contributed by atoms with van der Waals surface area (Å²) in [4.78, 5) is 0. The lowest BCUT2D eigenvalue weighted by atomic mass is 10.2. The van der Waals surface area contributed by atoms with Crippen LogP contribution >= 0.6 is 12.1 Å². The van der Waals surface area contributed by atoms with Crippen LogP contribution in [-0.4, -0.2) is 7.05 Å². The summed E-state index contributed by atoms with van der Waals surface area (Å²) < 4.78 is 6.08. The maximum Gasteiger partial charge on any atom is 0.0454 e. The molecule has 0 amide bonds. The monoisotopic (exact) mass is 168 g/mol. The molecule has 0 bridgehead atoms. The first-order valence-electron chi connectivity index (χ1n) is 3.48. The fourth-order valence-electron chi connectivity index (χ4n) is 0.819. The van der Waals surface area contributed by atoms with E-state index in [1.165, 1.54) is 17.7 Å². The van der Waals surface area contributed by atoms with Crippen molar-refractivity contribution >= 4 is 17.8 Å². The van der Waals surface area contributed by atoms with Gasteiger partial charge in [-0.3, -0.25) is 0 Å². The molecule has 0 atom stereocenters. The molecule has 60 valence electrons. The predicted molar refractivity (Wildman–Crippen MR) is 51.5 cm³/mol. The van der Waals surface area contributed by atoms with E-state index < -0.39 is 0 Å². The van der Waals surface area contributed by atoms with Crippen molar-refractivity contribution in [2.24, 2.45) is 0 Å². The molecule has 0 heterocycles. The summed E-state index contributed by atoms with van der Waals surface area (Å²) in [6, 6.07) is 8.25. The van der Waals surface area contributed by atoms with Gasteiger partial charge in [-0.15, -0.1) is 0 Å². The van der Waals surface area contributed by atoms with E-state index in [0.717, 1.165) is 5.69 Å². The van der Waals surface area contributed by atoms with Crippen LogP contribution in [0.3, 0.4) is 0 Å². The Hall–Kier alpha value is -0.670. The Morgan fingerprint density at radius 1 is 1.36 bits per heavy atom. The van der Waals surface area contributed by atoms with Gasteiger partial charge < -0.3 is 4.72 Å². The van der Waals surface area contributed by atoms with Gasteiger partial charge in [-0.2, -0.15) is 0 Å². The summed E-state index contributed by atoms with van der Waals surface area (Å²) in [5, 5.41) is 0. The van der Waals surface area contributed by atoms with Crippen molar-refractivity contribution in [1.82, 2.24) is 4.72 Å². The van der Waals surface area contributed by atoms with Crippen LogP contribution in [0.4, 0.5) is 5.69 Å². The molecule has 1 rings (SSSR count). The zero-order valence-corrected chi connectivity index (χ0v) is 7.53. The summed E-state index contributed by atoms with van der Waals surface area (Å²) >= 11 is 1.47. The van der Waals surface area contributed by atoms with Gasteiger partial charge in [0.05, 0.1) is 0 Å². The minimum Gasteiger partial charge on any atom is -0.317 e. The van der Waals surface area contributed by atoms with Crippen LogP contribution in [0.5, 0.6) is 0 Å². The standard InChI is InChI=1S/C8H12N2S/c1-7-4-3-5-8(6-7)10-11-9-2/h3-6,9-10H,1-2H3. The van der Waals surface area contributed by atoms with Crippen LogP contribution in [0.1, 0.15) is 5.56 Å². The van der Waals surface area contributed by atoms with Gasteiger partial charge in [0, 0.05) is 17.8 Å². The van der Waals surface area contributed by atoms with Crippen molar-refractivity contribution in [3.63, 3.8) is 0 Å². The molecule has 1 aromatic carbocycles. The highest BCUT2D eigenvalue weighted by Crippen LogP contribution is 2.11. The molecular formula is C8H12N2S. The lowest BCUT2D eigenvalue weighted by Gasteiger charge is -2.03. The van der Waals surface area contributed by atoms with Crippen LogP contribution in [-0.2, 0) is 0 Å². The second kappa shape index (κ2) is 4.26. The van der Waals surface area contributed by atoms with Gasteiger partial charge in [0.1, 0.15) is 0 Å². The van der Waals surface area contributed by atoms with Crippen molar-refractivity contribution < 1.29 is 0 Å². The van der Waals surface area contributed by atoms with Gasteiger partial charge in [0.25, 0.3) is 0 Å². The first-order valence-corrected chi connectivity index (χ1v) is 4.30. The minimum absolute atomic E-state index is 1.13. The van der Waals surface area contributed by atoms with E-state index in [1.807, 2.05) is 19.2 Å². The Bertz CT molecular complexity index is 225. The maximum absolute atomic E-state index is 3.14. The smallest absolute Gasteiger partial charge is 0.0454 e. The second-order valence-corrected chi connectivity index (χ2v) is 3.09. The number of hydrogen-bond donors (Lipinski definition) is 2. The normalized spacial score (nSPS) is 9.64. The molecule has 1 aromatic rings. The molecule has 0 spiro atoms. The van der Waals surface area contributed by atoms with Crippen LogP contribution in [0.15, 0.2) is 24.3 Å². The molecule has 0 radical (unpaired) electrons. The molecule has 2 N–H and O–H groups in total. The number of rotatable bonds is 3. The molecule has 11 heavy (non-hydrogen) atoms. The van der Waals surface area contributed by atoms with Crippen molar-refractivity contribution in [2.75, 3.05) is 11.8 Å². The molecule has 0 aliphatic heterocycles. The van der Waals surface area contributed by atoms with Crippen molar-refractivity contribution in [3.8, 4) is 0 Å². The fraction of sp³-hybridized carbons (Fsp3) is 0.250. The SMILES string of the molecule is CNSNc1cccc(C)c1. The van der Waals surface area contributed by atoms with Gasteiger partial charge in [0.15, 0.2) is 0 Å². The van der Waals surface area contributed by atoms with Crippen LogP contribution in [0, 0.1) is 6.92 Å². The summed E-state index contributed by atoms with van der Waals surface area (Å²) in [5.41, 5.74) is 2.40. The minimum atomic E-state index is 1.13. The summed E-state index contributed by atoms with van der Waals surface area (Å²) in [6.45, 7) is 2.08. The summed E-state index contributed by atoms with van der Waals surface area (Å²) in [6.07, 6.45) is 0. The zero-order valence-electron chi connectivity index (χ0n) is 6.72. The molecule has 0 saturated heterocycles. The highest BCUT2D eigenvalue weighted by molar-refractivity contribution is 7.98. The Balaban J connectivity index is 2.56. The third kappa shape index (κ3) is 2.82. The van der Waals surface area contributed by atoms with E-state index in [9.17, 15) is 0 Å². The molecular weight excluding hydrogens is 156 g/mol. The molecule has 2 nitrogen and oxygen atoms in total. The van der Waals surface area contributed by atoms with Gasteiger partial charge in [0.2, 0.25) is 0 Å². The fourth-order valence-corrected chi connectivity index (χ4v) is 1.17. The average molecular weight is 168 g/mol. The Morgan fingerprint density at radius 3 is 2.82 bits per heavy atom. The molecule has 3 heteroatoms. The first kappa shape index (κ1) is 8.43. The van der Waals surface area contributed by atoms with E-state index >= 15 is 0 Å². The second-order valence-electron chi connectivity index (χ2n) is 2.28. The van der Waals surface area contributed by atoms with Gasteiger partial charge in [-0.05, 0) is 31.7 Å². The van der Waals surface area contributed by atoms with Crippen LogP contribution in [0.25, 0.3) is 0 Å². The average Bonchev–Trinajstić information content (AvgIpc) is 2.01. The van der Waals surface area contributed by atoms with Gasteiger partial charge in [-0.25, -0.2) is 4.72 Å². The number of benzene rings is 1. The Morgan fingerprint density at radius 2 is 2.18 bits per heavy atom. The molecule has 0 aliphatic carbocycles. The zero-order chi connectivity index (χ0) is 8.10. The van der Waals surface area contributed by atoms with E-state index in [-0.39, 0.29) is 0 Å². The molecule has 0 aromatic heterocycles. The van der Waals surface area contributed by atoms with E-state index in [2.05, 4.69) is 28.5 Å². The quantitative estimate of drug-likeness (QED) is 0.676. The van der Waals surface area contributed by atoms with Crippen LogP contribution in [0.2, 0.25) is 0 Å². The van der Waals surface area contributed by atoms with E-state index in [1.54, 1.807) is 0 Å². The molecule has 0 unspecified atom stereocenters. The molecule has 0 saturated carbocycles. The number of hydrogen-bond acceptors (Lipinski definition) is 3. The number of anilines is 1. The van der Waals surface area contributed by atoms with Gasteiger partial charge >= 0.3 is 0 Å². The van der Waals surface area contributed by atoms with E-state index in [0.29, 0.717) is 0 Å². The van der Waals surface area contributed by atoms with Crippen molar-refractivity contribution in [1.29, 1.82) is 0 Å². The summed E-state index contributed by atoms with van der Waals surface area (Å²) in [5.74, 6) is 0. The number of aryl methyl sites for hydroxylation is 1. The maximum atomic E-state index is 3.14. The predicted octanol–water partition coefficient (Wildman–Crippen LogP) is 2.19. The largest absolute Gasteiger partial charge is 0.317 e. The first-order chi connectivity index (χ1) is 5.33. The number of nitrogens with one attached hydrogen (secondary N) is 2. The third-order valence-corrected chi connectivity index (χ3v) is 1.83. The van der Waals surface area contributed by atoms with Gasteiger partial charge in [-0.1, -0.05) is 12.1 Å². The van der Waals surface area contributed by atoms with Crippen molar-refractivity contribution in [2.45, 2.75) is 6.92 Å². The topological polar surface area (TPSA) is 24.1 Å². The molecule has 0 aliphatic rings.